The summed E-state index contributed by atoms with van der Waals surface area (Å²) in [5.74, 6) is 0.765. The van der Waals surface area contributed by atoms with Gasteiger partial charge in [-0.05, 0) is 30.4 Å². The third-order valence-corrected chi connectivity index (χ3v) is 3.09. The molecule has 0 saturated heterocycles. The first kappa shape index (κ1) is 11.7. The van der Waals surface area contributed by atoms with E-state index in [0.29, 0.717) is 17.6 Å². The quantitative estimate of drug-likeness (QED) is 0.866. The molecule has 0 aromatic carbocycles. The summed E-state index contributed by atoms with van der Waals surface area (Å²) in [5.41, 5.74) is 0.967. The van der Waals surface area contributed by atoms with E-state index in [1.54, 1.807) is 6.07 Å². The maximum absolute atomic E-state index is 10.7. The fraction of sp³-hybridized carbons (Fsp3) is 0.357. The molecule has 0 amide bonds. The van der Waals surface area contributed by atoms with E-state index in [1.165, 1.54) is 6.07 Å². The minimum atomic E-state index is -1.03. The predicted octanol–water partition coefficient (Wildman–Crippen LogP) is 3.59. The van der Waals surface area contributed by atoms with Crippen LogP contribution in [0.25, 0.3) is 5.57 Å². The van der Waals surface area contributed by atoms with Gasteiger partial charge in [0.05, 0.1) is 0 Å². The van der Waals surface area contributed by atoms with Crippen LogP contribution in [0.1, 0.15) is 36.6 Å². The molecule has 1 aromatic heterocycles. The molecule has 2 rings (SSSR count). The van der Waals surface area contributed by atoms with Crippen molar-refractivity contribution in [3.63, 3.8) is 0 Å². The summed E-state index contributed by atoms with van der Waals surface area (Å²) in [7, 11) is 0. The van der Waals surface area contributed by atoms with Crippen molar-refractivity contribution in [2.45, 2.75) is 20.3 Å². The maximum atomic E-state index is 10.7. The monoisotopic (exact) mass is 232 g/mol. The second-order valence-corrected chi connectivity index (χ2v) is 4.63. The van der Waals surface area contributed by atoms with Gasteiger partial charge >= 0.3 is 5.97 Å². The topological polar surface area (TPSA) is 50.4 Å². The molecule has 0 saturated carbocycles. The summed E-state index contributed by atoms with van der Waals surface area (Å²) in [6.45, 7) is 4.40. The molecule has 0 radical (unpaired) electrons. The van der Waals surface area contributed by atoms with Gasteiger partial charge in [0.15, 0.2) is 0 Å². The number of aromatic carboxylic acids is 1. The Kier molecular flexibility index (Phi) is 3.18. The van der Waals surface area contributed by atoms with Crippen LogP contribution in [-0.2, 0) is 0 Å². The fourth-order valence-corrected chi connectivity index (χ4v) is 1.92. The Labute approximate surface area is 100 Å². The summed E-state index contributed by atoms with van der Waals surface area (Å²) in [4.78, 5) is 10.7. The minimum Gasteiger partial charge on any atom is -0.475 e. The highest BCUT2D eigenvalue weighted by Crippen LogP contribution is 2.28. The number of carboxylic acids is 1. The zero-order valence-corrected chi connectivity index (χ0v) is 10.0. The van der Waals surface area contributed by atoms with E-state index >= 15 is 0 Å². The lowest BCUT2D eigenvalue weighted by Crippen LogP contribution is -2.06. The molecule has 1 aliphatic rings. The Balaban J connectivity index is 2.14. The number of allylic oxidation sites excluding steroid dienone is 4. The number of carbonyl (C=O) groups is 1. The molecule has 1 heterocycles. The number of hydrogen-bond donors (Lipinski definition) is 1. The molecule has 17 heavy (non-hydrogen) atoms. The van der Waals surface area contributed by atoms with Crippen LogP contribution in [0.3, 0.4) is 0 Å². The molecule has 1 N–H and O–H groups in total. The average Bonchev–Trinajstić information content (AvgIpc) is 2.78. The molecule has 0 spiro atoms. The second-order valence-electron chi connectivity index (χ2n) is 4.63. The van der Waals surface area contributed by atoms with Crippen LogP contribution >= 0.6 is 0 Å². The first-order valence-electron chi connectivity index (χ1n) is 5.80. The highest BCUT2D eigenvalue weighted by Gasteiger charge is 2.16. The van der Waals surface area contributed by atoms with Crippen LogP contribution < -0.4 is 0 Å². The van der Waals surface area contributed by atoms with Crippen LogP contribution in [0.5, 0.6) is 0 Å². The highest BCUT2D eigenvalue weighted by molar-refractivity contribution is 5.85. The van der Waals surface area contributed by atoms with Crippen molar-refractivity contribution in [3.8, 4) is 0 Å². The Morgan fingerprint density at radius 1 is 1.47 bits per heavy atom. The van der Waals surface area contributed by atoms with Crippen molar-refractivity contribution >= 4 is 11.5 Å². The van der Waals surface area contributed by atoms with Crippen LogP contribution in [0, 0.1) is 11.8 Å². The summed E-state index contributed by atoms with van der Waals surface area (Å²) >= 11 is 0. The third kappa shape index (κ3) is 2.49. The summed E-state index contributed by atoms with van der Waals surface area (Å²) in [5, 5.41) is 8.78. The van der Waals surface area contributed by atoms with Gasteiger partial charge in [-0.2, -0.15) is 0 Å². The molecule has 3 heteroatoms. The predicted molar refractivity (Wildman–Crippen MR) is 65.7 cm³/mol. The number of carboxylic acid groups (broad SMARTS) is 1. The van der Waals surface area contributed by atoms with Gasteiger partial charge in [0.1, 0.15) is 5.76 Å². The Hall–Kier alpha value is -1.77. The van der Waals surface area contributed by atoms with Crippen LogP contribution in [0.2, 0.25) is 0 Å². The first-order chi connectivity index (χ1) is 8.08. The van der Waals surface area contributed by atoms with E-state index in [1.807, 2.05) is 6.08 Å². The number of rotatable bonds is 3. The zero-order chi connectivity index (χ0) is 12.4. The molecule has 1 aromatic rings. The lowest BCUT2D eigenvalue weighted by molar-refractivity contribution is 0.0662. The maximum Gasteiger partial charge on any atom is 0.371 e. The lowest BCUT2D eigenvalue weighted by atomic mass is 9.87. The van der Waals surface area contributed by atoms with Crippen molar-refractivity contribution < 1.29 is 14.3 Å². The summed E-state index contributed by atoms with van der Waals surface area (Å²) < 4.78 is 5.26. The van der Waals surface area contributed by atoms with Crippen LogP contribution in [0.15, 0.2) is 34.8 Å². The summed E-state index contributed by atoms with van der Waals surface area (Å²) in [6, 6.07) is 3.19. The Bertz CT molecular complexity index is 477. The highest BCUT2D eigenvalue weighted by atomic mass is 16.4. The van der Waals surface area contributed by atoms with E-state index in [-0.39, 0.29) is 5.76 Å². The molecular formula is C14H16O3. The van der Waals surface area contributed by atoms with E-state index in [4.69, 9.17) is 9.52 Å². The smallest absolute Gasteiger partial charge is 0.371 e. The fourth-order valence-electron chi connectivity index (χ4n) is 1.92. The Morgan fingerprint density at radius 2 is 2.24 bits per heavy atom. The van der Waals surface area contributed by atoms with Crippen molar-refractivity contribution in [3.05, 3.63) is 41.9 Å². The Morgan fingerprint density at radius 3 is 2.71 bits per heavy atom. The van der Waals surface area contributed by atoms with E-state index < -0.39 is 5.97 Å². The molecule has 0 unspecified atom stereocenters. The van der Waals surface area contributed by atoms with E-state index in [9.17, 15) is 4.79 Å². The first-order valence-corrected chi connectivity index (χ1v) is 5.80. The van der Waals surface area contributed by atoms with Crippen molar-refractivity contribution in [1.29, 1.82) is 0 Å². The van der Waals surface area contributed by atoms with Crippen molar-refractivity contribution in [2.24, 2.45) is 11.8 Å². The van der Waals surface area contributed by atoms with Crippen molar-refractivity contribution in [1.82, 2.24) is 0 Å². The van der Waals surface area contributed by atoms with Gasteiger partial charge in [0.25, 0.3) is 0 Å². The van der Waals surface area contributed by atoms with Crippen LogP contribution in [-0.4, -0.2) is 11.1 Å². The molecule has 90 valence electrons. The molecule has 0 bridgehead atoms. The third-order valence-electron chi connectivity index (χ3n) is 3.09. The van der Waals surface area contributed by atoms with E-state index in [2.05, 4.69) is 26.0 Å². The summed E-state index contributed by atoms with van der Waals surface area (Å²) in [6.07, 6.45) is 7.27. The number of furan rings is 1. The number of hydrogen-bond acceptors (Lipinski definition) is 2. The molecule has 3 nitrogen and oxygen atoms in total. The average molecular weight is 232 g/mol. The van der Waals surface area contributed by atoms with Gasteiger partial charge in [-0.15, -0.1) is 0 Å². The standard InChI is InChI=1S/C14H16O3/c1-9(2)10-3-5-11(6-4-10)12-7-8-13(17-12)14(15)16/h3,5-10H,4H2,1-2H3,(H,15,16)/t10-/m0/s1. The van der Waals surface area contributed by atoms with Crippen molar-refractivity contribution in [2.75, 3.05) is 0 Å². The van der Waals surface area contributed by atoms with Gasteiger partial charge in [-0.1, -0.05) is 32.1 Å². The SMILES string of the molecule is CC(C)[C@H]1C=CC(c2ccc(C(=O)O)o2)=CC1. The molecular weight excluding hydrogens is 216 g/mol. The lowest BCUT2D eigenvalue weighted by Gasteiger charge is -2.18. The van der Waals surface area contributed by atoms with Gasteiger partial charge in [-0.25, -0.2) is 4.79 Å². The largest absolute Gasteiger partial charge is 0.475 e. The van der Waals surface area contributed by atoms with Gasteiger partial charge in [0, 0.05) is 5.57 Å². The van der Waals surface area contributed by atoms with Gasteiger partial charge in [-0.3, -0.25) is 0 Å². The second kappa shape index (κ2) is 4.62. The molecule has 1 aliphatic carbocycles. The zero-order valence-electron chi connectivity index (χ0n) is 10.0. The molecule has 0 fully saturated rings. The van der Waals surface area contributed by atoms with Gasteiger partial charge in [0.2, 0.25) is 5.76 Å². The minimum absolute atomic E-state index is 0.0136. The van der Waals surface area contributed by atoms with Gasteiger partial charge < -0.3 is 9.52 Å². The molecule has 1 atom stereocenters. The molecule has 0 aliphatic heterocycles. The van der Waals surface area contributed by atoms with E-state index in [0.717, 1.165) is 12.0 Å². The van der Waals surface area contributed by atoms with Crippen LogP contribution in [0.4, 0.5) is 0 Å². The normalized spacial score (nSPS) is 19.5.